The number of hydrogen-bond donors (Lipinski definition) is 0. The van der Waals surface area contributed by atoms with Crippen LogP contribution in [0.5, 0.6) is 0 Å². The molecule has 0 aliphatic carbocycles. The standard InChI is InChI=1S/C42H27N5/c1-4-14-28(15-5-1)38-39(29-16-6-2-7-17-29)45-27-26-37(43-42(45)44-38)47-36-23-13-11-21-32(36)34-25-24-33-31-20-10-12-22-35(31)46(40(33)41(34)47)30-18-8-3-9-19-30/h1-27H. The van der Waals surface area contributed by atoms with E-state index in [-0.39, 0.29) is 0 Å². The Hall–Kier alpha value is -6.46. The highest BCUT2D eigenvalue weighted by atomic mass is 15.2. The lowest BCUT2D eigenvalue weighted by Crippen LogP contribution is -2.02. The molecule has 0 spiro atoms. The third-order valence-corrected chi connectivity index (χ3v) is 9.29. The van der Waals surface area contributed by atoms with Crippen molar-refractivity contribution in [2.75, 3.05) is 0 Å². The lowest BCUT2D eigenvalue weighted by Gasteiger charge is -2.12. The number of rotatable bonds is 4. The van der Waals surface area contributed by atoms with E-state index in [9.17, 15) is 0 Å². The first kappa shape index (κ1) is 25.8. The molecule has 0 aliphatic heterocycles. The third-order valence-electron chi connectivity index (χ3n) is 9.29. The molecule has 10 rings (SSSR count). The SMILES string of the molecule is c1ccc(-c2nc3nc(-n4c5ccccc5c5ccc6c7ccccc7n(-c7ccccc7)c6c54)ccn3c2-c2ccccc2)cc1. The van der Waals surface area contributed by atoms with Crippen molar-refractivity contribution >= 4 is 49.4 Å². The highest BCUT2D eigenvalue weighted by Gasteiger charge is 2.23. The Morgan fingerprint density at radius 2 is 0.936 bits per heavy atom. The largest absolute Gasteiger partial charge is 0.307 e. The van der Waals surface area contributed by atoms with Gasteiger partial charge in [-0.25, -0.2) is 4.98 Å². The Bertz CT molecular complexity index is 2770. The fourth-order valence-electron chi connectivity index (χ4n) is 7.30. The zero-order valence-electron chi connectivity index (χ0n) is 25.3. The maximum Gasteiger partial charge on any atom is 0.236 e. The van der Waals surface area contributed by atoms with Gasteiger partial charge in [0.1, 0.15) is 5.82 Å². The van der Waals surface area contributed by atoms with Crippen molar-refractivity contribution in [1.82, 2.24) is 23.5 Å². The molecule has 220 valence electrons. The smallest absolute Gasteiger partial charge is 0.236 e. The number of fused-ring (bicyclic) bond motifs is 8. The van der Waals surface area contributed by atoms with E-state index in [1.54, 1.807) is 0 Å². The summed E-state index contributed by atoms with van der Waals surface area (Å²) < 4.78 is 6.84. The molecule has 5 nitrogen and oxygen atoms in total. The van der Waals surface area contributed by atoms with Gasteiger partial charge in [-0.3, -0.25) is 8.97 Å². The monoisotopic (exact) mass is 601 g/mol. The van der Waals surface area contributed by atoms with Crippen molar-refractivity contribution in [2.24, 2.45) is 0 Å². The summed E-state index contributed by atoms with van der Waals surface area (Å²) in [5.74, 6) is 1.48. The first-order valence-electron chi connectivity index (χ1n) is 15.9. The summed E-state index contributed by atoms with van der Waals surface area (Å²) in [4.78, 5) is 10.5. The van der Waals surface area contributed by atoms with Crippen LogP contribution in [0, 0.1) is 0 Å². The number of benzene rings is 6. The minimum Gasteiger partial charge on any atom is -0.307 e. The summed E-state index contributed by atoms with van der Waals surface area (Å²) in [5.41, 5.74) is 9.78. The molecule has 0 amide bonds. The van der Waals surface area contributed by atoms with Crippen LogP contribution in [0.1, 0.15) is 0 Å². The zero-order chi connectivity index (χ0) is 30.9. The summed E-state index contributed by atoms with van der Waals surface area (Å²) in [6.45, 7) is 0. The Morgan fingerprint density at radius 1 is 0.404 bits per heavy atom. The van der Waals surface area contributed by atoms with Gasteiger partial charge in [-0.15, -0.1) is 0 Å². The van der Waals surface area contributed by atoms with Gasteiger partial charge in [-0.1, -0.05) is 127 Å². The molecule has 4 heterocycles. The van der Waals surface area contributed by atoms with Gasteiger partial charge in [0.2, 0.25) is 5.78 Å². The molecule has 0 fully saturated rings. The summed E-state index contributed by atoms with van der Waals surface area (Å²) in [6, 6.07) is 55.5. The van der Waals surface area contributed by atoms with E-state index < -0.39 is 0 Å². The lowest BCUT2D eigenvalue weighted by molar-refractivity contribution is 1.03. The van der Waals surface area contributed by atoms with Crippen molar-refractivity contribution in [3.63, 3.8) is 0 Å². The summed E-state index contributed by atoms with van der Waals surface area (Å²) >= 11 is 0. The van der Waals surface area contributed by atoms with Gasteiger partial charge in [-0.2, -0.15) is 4.98 Å². The van der Waals surface area contributed by atoms with Gasteiger partial charge in [0.25, 0.3) is 0 Å². The van der Waals surface area contributed by atoms with Gasteiger partial charge >= 0.3 is 0 Å². The summed E-state index contributed by atoms with van der Waals surface area (Å²) in [7, 11) is 0. The van der Waals surface area contributed by atoms with Gasteiger partial charge in [0, 0.05) is 44.6 Å². The van der Waals surface area contributed by atoms with E-state index in [0.29, 0.717) is 5.78 Å². The predicted molar refractivity (Wildman–Crippen MR) is 193 cm³/mol. The molecule has 0 radical (unpaired) electrons. The average Bonchev–Trinajstić information content (AvgIpc) is 3.80. The molecule has 0 saturated carbocycles. The normalized spacial score (nSPS) is 11.8. The number of hydrogen-bond acceptors (Lipinski definition) is 2. The molecule has 10 aromatic rings. The van der Waals surface area contributed by atoms with Crippen molar-refractivity contribution < 1.29 is 0 Å². The fraction of sp³-hybridized carbons (Fsp3) is 0. The molecule has 0 bridgehead atoms. The van der Waals surface area contributed by atoms with Crippen LogP contribution in [0.25, 0.3) is 83.4 Å². The van der Waals surface area contributed by atoms with Gasteiger partial charge in [0.05, 0.1) is 33.5 Å². The highest BCUT2D eigenvalue weighted by molar-refractivity contribution is 6.23. The quantitative estimate of drug-likeness (QED) is 0.201. The minimum absolute atomic E-state index is 0.655. The maximum atomic E-state index is 5.32. The molecular weight excluding hydrogens is 574 g/mol. The topological polar surface area (TPSA) is 40.0 Å². The van der Waals surface area contributed by atoms with Crippen LogP contribution in [0.2, 0.25) is 0 Å². The van der Waals surface area contributed by atoms with Crippen LogP contribution in [0.15, 0.2) is 164 Å². The average molecular weight is 602 g/mol. The second-order valence-corrected chi connectivity index (χ2v) is 11.9. The molecule has 0 unspecified atom stereocenters. The molecule has 0 saturated heterocycles. The minimum atomic E-state index is 0.655. The molecule has 4 aromatic heterocycles. The highest BCUT2D eigenvalue weighted by Crippen LogP contribution is 2.41. The van der Waals surface area contributed by atoms with E-state index in [4.69, 9.17) is 9.97 Å². The maximum absolute atomic E-state index is 5.32. The summed E-state index contributed by atoms with van der Waals surface area (Å²) in [6.07, 6.45) is 2.12. The molecule has 0 atom stereocenters. The first-order chi connectivity index (χ1) is 23.3. The number of aromatic nitrogens is 5. The van der Waals surface area contributed by atoms with E-state index in [1.165, 1.54) is 27.1 Å². The van der Waals surface area contributed by atoms with Crippen molar-refractivity contribution in [1.29, 1.82) is 0 Å². The van der Waals surface area contributed by atoms with Gasteiger partial charge in [0.15, 0.2) is 0 Å². The van der Waals surface area contributed by atoms with E-state index in [1.807, 2.05) is 12.1 Å². The van der Waals surface area contributed by atoms with Crippen LogP contribution in [0.4, 0.5) is 0 Å². The summed E-state index contributed by atoms with van der Waals surface area (Å²) in [5, 5.41) is 4.81. The van der Waals surface area contributed by atoms with Crippen LogP contribution in [-0.2, 0) is 0 Å². The molecule has 5 heteroatoms. The zero-order valence-corrected chi connectivity index (χ0v) is 25.3. The Labute approximate surface area is 270 Å². The number of para-hydroxylation sites is 3. The van der Waals surface area contributed by atoms with Gasteiger partial charge < -0.3 is 4.57 Å². The second kappa shape index (κ2) is 10.0. The van der Waals surface area contributed by atoms with E-state index >= 15 is 0 Å². The van der Waals surface area contributed by atoms with Crippen LogP contribution in [-0.4, -0.2) is 23.5 Å². The second-order valence-electron chi connectivity index (χ2n) is 11.9. The van der Waals surface area contributed by atoms with Crippen molar-refractivity contribution in [2.45, 2.75) is 0 Å². The van der Waals surface area contributed by atoms with Crippen LogP contribution >= 0.6 is 0 Å². The first-order valence-corrected chi connectivity index (χ1v) is 15.9. The van der Waals surface area contributed by atoms with Crippen LogP contribution in [0.3, 0.4) is 0 Å². The molecule has 47 heavy (non-hydrogen) atoms. The Balaban J connectivity index is 1.33. The Morgan fingerprint density at radius 3 is 1.60 bits per heavy atom. The van der Waals surface area contributed by atoms with E-state index in [2.05, 4.69) is 165 Å². The number of imidazole rings is 1. The fourth-order valence-corrected chi connectivity index (χ4v) is 7.30. The van der Waals surface area contributed by atoms with E-state index in [0.717, 1.165) is 50.6 Å². The predicted octanol–water partition coefficient (Wildman–Crippen LogP) is 10.3. The molecule has 0 N–H and O–H groups in total. The Kier molecular flexibility index (Phi) is 5.51. The lowest BCUT2D eigenvalue weighted by atomic mass is 10.1. The third kappa shape index (κ3) is 3.77. The molecular formula is C42H27N5. The molecule has 0 aliphatic rings. The van der Waals surface area contributed by atoms with Gasteiger partial charge in [-0.05, 0) is 30.3 Å². The number of nitrogens with zero attached hydrogens (tertiary/aromatic N) is 5. The van der Waals surface area contributed by atoms with Crippen LogP contribution < -0.4 is 0 Å². The molecule has 6 aromatic carbocycles. The van der Waals surface area contributed by atoms with Crippen molar-refractivity contribution in [3.05, 3.63) is 164 Å². The van der Waals surface area contributed by atoms with Crippen molar-refractivity contribution in [3.8, 4) is 34.0 Å².